The summed E-state index contributed by atoms with van der Waals surface area (Å²) in [5.41, 5.74) is -1.06. The summed E-state index contributed by atoms with van der Waals surface area (Å²) >= 11 is 0. The molecule has 0 aliphatic rings. The van der Waals surface area contributed by atoms with Crippen LogP contribution in [0.4, 0.5) is 8.78 Å². The molecule has 0 fully saturated rings. The van der Waals surface area contributed by atoms with Gasteiger partial charge in [0.1, 0.15) is 0 Å². The first-order valence-electron chi connectivity index (χ1n) is 4.24. The van der Waals surface area contributed by atoms with E-state index in [1.54, 1.807) is 6.92 Å². The maximum Gasteiger partial charge on any atom is 0.255 e. The Morgan fingerprint density at radius 3 is 2.08 bits per heavy atom. The highest BCUT2D eigenvalue weighted by atomic mass is 19.3. The van der Waals surface area contributed by atoms with E-state index in [1.807, 2.05) is 0 Å². The second-order valence-electron chi connectivity index (χ2n) is 3.77. The molecule has 0 saturated carbocycles. The van der Waals surface area contributed by atoms with Crippen molar-refractivity contribution in [2.75, 3.05) is 13.7 Å². The molecule has 74 valence electrons. The molecule has 0 amide bonds. The number of alkyl halides is 2. The van der Waals surface area contributed by atoms with E-state index in [0.717, 1.165) is 0 Å². The summed E-state index contributed by atoms with van der Waals surface area (Å²) in [5.74, 6) is -2.63. The number of methoxy groups -OCH3 is 1. The Hall–Kier alpha value is -0.180. The Morgan fingerprint density at radius 2 is 1.75 bits per heavy atom. The fourth-order valence-electron chi connectivity index (χ4n) is 1.12. The number of ether oxygens (including phenoxy) is 1. The zero-order chi connectivity index (χ0) is 9.83. The van der Waals surface area contributed by atoms with Crippen molar-refractivity contribution >= 4 is 0 Å². The molecule has 1 nitrogen and oxygen atoms in total. The highest BCUT2D eigenvalue weighted by Gasteiger charge is 2.45. The SMILES string of the molecule is CCCC(F)(F)C(C)(C)COC. The topological polar surface area (TPSA) is 9.23 Å². The molecule has 0 atom stereocenters. The second-order valence-corrected chi connectivity index (χ2v) is 3.77. The van der Waals surface area contributed by atoms with Gasteiger partial charge in [-0.1, -0.05) is 27.2 Å². The van der Waals surface area contributed by atoms with Gasteiger partial charge < -0.3 is 4.74 Å². The van der Waals surface area contributed by atoms with Crippen LogP contribution in [-0.2, 0) is 4.74 Å². The second kappa shape index (κ2) is 4.17. The number of hydrogen-bond acceptors (Lipinski definition) is 1. The van der Waals surface area contributed by atoms with Gasteiger partial charge in [-0.05, 0) is 0 Å². The molecule has 0 saturated heterocycles. The van der Waals surface area contributed by atoms with Gasteiger partial charge in [-0.15, -0.1) is 0 Å². The number of rotatable bonds is 5. The zero-order valence-corrected chi connectivity index (χ0v) is 8.29. The summed E-state index contributed by atoms with van der Waals surface area (Å²) in [7, 11) is 1.45. The number of halogens is 2. The summed E-state index contributed by atoms with van der Waals surface area (Å²) in [6, 6.07) is 0. The molecule has 0 unspecified atom stereocenters. The molecule has 0 bridgehead atoms. The van der Waals surface area contributed by atoms with Gasteiger partial charge in [0, 0.05) is 13.5 Å². The fraction of sp³-hybridized carbons (Fsp3) is 1.00. The lowest BCUT2D eigenvalue weighted by molar-refractivity contribution is -0.135. The van der Waals surface area contributed by atoms with Crippen LogP contribution in [0.2, 0.25) is 0 Å². The van der Waals surface area contributed by atoms with Crippen molar-refractivity contribution in [3.8, 4) is 0 Å². The molecule has 0 aromatic rings. The van der Waals surface area contributed by atoms with E-state index in [0.29, 0.717) is 6.42 Å². The minimum atomic E-state index is -2.63. The van der Waals surface area contributed by atoms with Crippen LogP contribution < -0.4 is 0 Å². The third-order valence-electron chi connectivity index (χ3n) is 2.06. The largest absolute Gasteiger partial charge is 0.384 e. The Morgan fingerprint density at radius 1 is 1.25 bits per heavy atom. The molecular weight excluding hydrogens is 162 g/mol. The lowest BCUT2D eigenvalue weighted by atomic mass is 9.84. The van der Waals surface area contributed by atoms with Crippen molar-refractivity contribution in [1.82, 2.24) is 0 Å². The van der Waals surface area contributed by atoms with Crippen LogP contribution in [-0.4, -0.2) is 19.6 Å². The molecule has 0 aliphatic carbocycles. The summed E-state index contributed by atoms with van der Waals surface area (Å²) < 4.78 is 31.4. The Kier molecular flexibility index (Phi) is 4.11. The Labute approximate surface area is 73.1 Å². The molecule has 0 aromatic carbocycles. The van der Waals surface area contributed by atoms with Crippen LogP contribution in [0.5, 0.6) is 0 Å². The predicted octanol–water partition coefficient (Wildman–Crippen LogP) is 3.09. The minimum absolute atomic E-state index is 0.0661. The lowest BCUT2D eigenvalue weighted by Crippen LogP contribution is -2.39. The van der Waals surface area contributed by atoms with Crippen LogP contribution in [0.15, 0.2) is 0 Å². The van der Waals surface area contributed by atoms with Crippen molar-refractivity contribution in [1.29, 1.82) is 0 Å². The first kappa shape index (κ1) is 11.8. The molecule has 0 N–H and O–H groups in total. The van der Waals surface area contributed by atoms with E-state index in [2.05, 4.69) is 0 Å². The van der Waals surface area contributed by atoms with Crippen LogP contribution in [0.25, 0.3) is 0 Å². The Balaban J connectivity index is 4.28. The monoisotopic (exact) mass is 180 g/mol. The van der Waals surface area contributed by atoms with Gasteiger partial charge >= 0.3 is 0 Å². The Bertz CT molecular complexity index is 116. The summed E-state index contributed by atoms with van der Waals surface area (Å²) in [5, 5.41) is 0. The molecule has 0 heterocycles. The van der Waals surface area contributed by atoms with Gasteiger partial charge in [-0.2, -0.15) is 0 Å². The molecule has 3 heteroatoms. The molecule has 12 heavy (non-hydrogen) atoms. The third kappa shape index (κ3) is 2.70. The van der Waals surface area contributed by atoms with E-state index in [-0.39, 0.29) is 13.0 Å². The molecule has 0 radical (unpaired) electrons. The summed E-state index contributed by atoms with van der Waals surface area (Å²) in [6.45, 7) is 4.93. The van der Waals surface area contributed by atoms with Gasteiger partial charge in [0.15, 0.2) is 0 Å². The molecule has 0 rings (SSSR count). The van der Waals surface area contributed by atoms with Gasteiger partial charge in [0.2, 0.25) is 0 Å². The van der Waals surface area contributed by atoms with Crippen LogP contribution >= 0.6 is 0 Å². The van der Waals surface area contributed by atoms with E-state index in [1.165, 1.54) is 21.0 Å². The quantitative estimate of drug-likeness (QED) is 0.631. The molecule has 0 aromatic heterocycles. The van der Waals surface area contributed by atoms with Crippen molar-refractivity contribution < 1.29 is 13.5 Å². The average Bonchev–Trinajstić information content (AvgIpc) is 1.86. The third-order valence-corrected chi connectivity index (χ3v) is 2.06. The van der Waals surface area contributed by atoms with Crippen LogP contribution in [0.3, 0.4) is 0 Å². The van der Waals surface area contributed by atoms with E-state index in [9.17, 15) is 8.78 Å². The van der Waals surface area contributed by atoms with Crippen molar-refractivity contribution in [2.24, 2.45) is 5.41 Å². The van der Waals surface area contributed by atoms with Crippen molar-refractivity contribution in [3.63, 3.8) is 0 Å². The highest BCUT2D eigenvalue weighted by molar-refractivity contribution is 4.84. The minimum Gasteiger partial charge on any atom is -0.384 e. The first-order chi connectivity index (χ1) is 5.37. The first-order valence-corrected chi connectivity index (χ1v) is 4.24. The van der Waals surface area contributed by atoms with Crippen molar-refractivity contribution in [3.05, 3.63) is 0 Å². The van der Waals surface area contributed by atoms with Crippen LogP contribution in [0, 0.1) is 5.41 Å². The van der Waals surface area contributed by atoms with Gasteiger partial charge in [0.25, 0.3) is 5.92 Å². The van der Waals surface area contributed by atoms with Crippen LogP contribution in [0.1, 0.15) is 33.6 Å². The maximum absolute atomic E-state index is 13.3. The van der Waals surface area contributed by atoms with E-state index in [4.69, 9.17) is 4.74 Å². The fourth-order valence-corrected chi connectivity index (χ4v) is 1.12. The van der Waals surface area contributed by atoms with Gasteiger partial charge in [0.05, 0.1) is 12.0 Å². The maximum atomic E-state index is 13.3. The van der Waals surface area contributed by atoms with E-state index >= 15 is 0 Å². The molecule has 0 aliphatic heterocycles. The molecule has 0 spiro atoms. The van der Waals surface area contributed by atoms with Crippen molar-refractivity contribution in [2.45, 2.75) is 39.5 Å². The van der Waals surface area contributed by atoms with Gasteiger partial charge in [-0.25, -0.2) is 8.78 Å². The highest BCUT2D eigenvalue weighted by Crippen LogP contribution is 2.39. The summed E-state index contributed by atoms with van der Waals surface area (Å²) in [6.07, 6.45) is 0.434. The predicted molar refractivity (Wildman–Crippen MR) is 45.5 cm³/mol. The smallest absolute Gasteiger partial charge is 0.255 e. The number of hydrogen-bond donors (Lipinski definition) is 0. The lowest BCUT2D eigenvalue weighted by Gasteiger charge is -2.33. The standard InChI is InChI=1S/C9H18F2O/c1-5-6-9(10,11)8(2,3)7-12-4/h5-7H2,1-4H3. The summed E-state index contributed by atoms with van der Waals surface area (Å²) in [4.78, 5) is 0. The van der Waals surface area contributed by atoms with Gasteiger partial charge in [-0.3, -0.25) is 0 Å². The average molecular weight is 180 g/mol. The van der Waals surface area contributed by atoms with E-state index < -0.39 is 11.3 Å². The molecular formula is C9H18F2O. The zero-order valence-electron chi connectivity index (χ0n) is 8.29. The normalized spacial score (nSPS) is 13.5.